The second kappa shape index (κ2) is 6.99. The van der Waals surface area contributed by atoms with Crippen LogP contribution in [0.15, 0.2) is 18.2 Å². The van der Waals surface area contributed by atoms with Crippen molar-refractivity contribution >= 4 is 17.3 Å². The van der Waals surface area contributed by atoms with Gasteiger partial charge in [0.2, 0.25) is 0 Å². The van der Waals surface area contributed by atoms with Crippen molar-refractivity contribution in [1.29, 1.82) is 0 Å². The molecular formula is C17H27ClN2O. The Morgan fingerprint density at radius 1 is 1.38 bits per heavy atom. The third-order valence-electron chi connectivity index (χ3n) is 4.03. The van der Waals surface area contributed by atoms with Crippen molar-refractivity contribution in [3.8, 4) is 0 Å². The number of benzene rings is 1. The molecule has 1 saturated heterocycles. The van der Waals surface area contributed by atoms with E-state index in [0.717, 1.165) is 43.1 Å². The Balaban J connectivity index is 1.99. The Bertz CT molecular complexity index is 470. The summed E-state index contributed by atoms with van der Waals surface area (Å²) in [6, 6.07) is 6.35. The van der Waals surface area contributed by atoms with Crippen LogP contribution >= 0.6 is 11.6 Å². The van der Waals surface area contributed by atoms with Crippen LogP contribution in [0, 0.1) is 5.92 Å². The summed E-state index contributed by atoms with van der Waals surface area (Å²) in [7, 11) is 0. The minimum absolute atomic E-state index is 0.0917. The van der Waals surface area contributed by atoms with Crippen molar-refractivity contribution in [2.75, 3.05) is 24.6 Å². The Morgan fingerprint density at radius 2 is 2.14 bits per heavy atom. The van der Waals surface area contributed by atoms with E-state index in [4.69, 9.17) is 16.7 Å². The lowest BCUT2D eigenvalue weighted by molar-refractivity contribution is 0.263. The Labute approximate surface area is 133 Å². The van der Waals surface area contributed by atoms with Crippen LogP contribution in [0.4, 0.5) is 5.69 Å². The number of hydrogen-bond donors (Lipinski definition) is 2. The molecule has 2 rings (SSSR count). The van der Waals surface area contributed by atoms with E-state index in [-0.39, 0.29) is 12.1 Å². The van der Waals surface area contributed by atoms with E-state index in [0.29, 0.717) is 5.92 Å². The summed E-state index contributed by atoms with van der Waals surface area (Å²) in [4.78, 5) is 2.37. The molecule has 3 nitrogen and oxygen atoms in total. The first-order valence-corrected chi connectivity index (χ1v) is 8.16. The number of aliphatic hydroxyl groups excluding tert-OH is 1. The van der Waals surface area contributed by atoms with Crippen molar-refractivity contribution in [1.82, 2.24) is 5.32 Å². The van der Waals surface area contributed by atoms with Gasteiger partial charge in [0, 0.05) is 42.5 Å². The lowest BCUT2D eigenvalue weighted by atomic mass is 10.1. The highest BCUT2D eigenvalue weighted by Crippen LogP contribution is 2.29. The summed E-state index contributed by atoms with van der Waals surface area (Å²) in [5.41, 5.74) is 2.43. The van der Waals surface area contributed by atoms with Gasteiger partial charge in [-0.1, -0.05) is 17.7 Å². The van der Waals surface area contributed by atoms with Gasteiger partial charge in [0.25, 0.3) is 0 Å². The number of aliphatic hydroxyl groups is 1. The molecule has 0 aromatic heterocycles. The number of rotatable bonds is 5. The van der Waals surface area contributed by atoms with Crippen LogP contribution in [0.25, 0.3) is 0 Å². The molecular weight excluding hydrogens is 284 g/mol. The maximum atomic E-state index is 9.04. The SMILES string of the molecule is CC(C)(C)NCc1ccc(N2CCC(CCO)C2)cc1Cl. The number of anilines is 1. The molecule has 1 aromatic carbocycles. The lowest BCUT2D eigenvalue weighted by Gasteiger charge is -2.22. The third-order valence-corrected chi connectivity index (χ3v) is 4.39. The monoisotopic (exact) mass is 310 g/mol. The number of nitrogens with zero attached hydrogens (tertiary/aromatic N) is 1. The van der Waals surface area contributed by atoms with Gasteiger partial charge in [-0.25, -0.2) is 0 Å². The van der Waals surface area contributed by atoms with Gasteiger partial charge in [-0.2, -0.15) is 0 Å². The van der Waals surface area contributed by atoms with Crippen molar-refractivity contribution < 1.29 is 5.11 Å². The quantitative estimate of drug-likeness (QED) is 0.874. The van der Waals surface area contributed by atoms with Crippen molar-refractivity contribution in [2.45, 2.75) is 45.7 Å². The van der Waals surface area contributed by atoms with Gasteiger partial charge >= 0.3 is 0 Å². The molecule has 0 bridgehead atoms. The van der Waals surface area contributed by atoms with E-state index in [9.17, 15) is 0 Å². The zero-order valence-corrected chi connectivity index (χ0v) is 14.1. The maximum absolute atomic E-state index is 9.04. The Morgan fingerprint density at radius 3 is 2.76 bits per heavy atom. The molecule has 0 spiro atoms. The van der Waals surface area contributed by atoms with Gasteiger partial charge in [-0.15, -0.1) is 0 Å². The first-order chi connectivity index (χ1) is 9.89. The predicted octanol–water partition coefficient (Wildman–Crippen LogP) is 3.44. The molecule has 4 heteroatoms. The minimum Gasteiger partial charge on any atom is -0.396 e. The standard InChI is InChI=1S/C17H27ClN2O/c1-17(2,3)19-11-14-4-5-15(10-16(14)18)20-8-6-13(12-20)7-9-21/h4-5,10,13,19,21H,6-9,11-12H2,1-3H3. The molecule has 118 valence electrons. The number of halogens is 1. The van der Waals surface area contributed by atoms with Gasteiger partial charge < -0.3 is 15.3 Å². The van der Waals surface area contributed by atoms with E-state index in [1.807, 2.05) is 0 Å². The van der Waals surface area contributed by atoms with Crippen LogP contribution in [-0.2, 0) is 6.54 Å². The lowest BCUT2D eigenvalue weighted by Crippen LogP contribution is -2.35. The highest BCUT2D eigenvalue weighted by Gasteiger charge is 2.22. The molecule has 0 radical (unpaired) electrons. The maximum Gasteiger partial charge on any atom is 0.0471 e. The largest absolute Gasteiger partial charge is 0.396 e. The summed E-state index contributed by atoms with van der Waals surface area (Å²) >= 11 is 6.43. The zero-order valence-electron chi connectivity index (χ0n) is 13.3. The summed E-state index contributed by atoms with van der Waals surface area (Å²) in [5.74, 6) is 0.607. The van der Waals surface area contributed by atoms with Crippen LogP contribution in [0.2, 0.25) is 5.02 Å². The molecule has 0 aliphatic carbocycles. The van der Waals surface area contributed by atoms with Crippen LogP contribution < -0.4 is 10.2 Å². The van der Waals surface area contributed by atoms with Gasteiger partial charge in [0.1, 0.15) is 0 Å². The van der Waals surface area contributed by atoms with Crippen LogP contribution in [0.5, 0.6) is 0 Å². The van der Waals surface area contributed by atoms with Crippen molar-refractivity contribution in [3.05, 3.63) is 28.8 Å². The van der Waals surface area contributed by atoms with Gasteiger partial charge in [0.05, 0.1) is 0 Å². The van der Waals surface area contributed by atoms with Gasteiger partial charge in [-0.3, -0.25) is 0 Å². The molecule has 1 heterocycles. The van der Waals surface area contributed by atoms with Gasteiger partial charge in [-0.05, 0) is 57.2 Å². The summed E-state index contributed by atoms with van der Waals surface area (Å²) in [5, 5.41) is 13.3. The van der Waals surface area contributed by atoms with E-state index in [1.165, 1.54) is 5.69 Å². The highest BCUT2D eigenvalue weighted by molar-refractivity contribution is 6.31. The Kier molecular flexibility index (Phi) is 5.53. The molecule has 1 atom stereocenters. The highest BCUT2D eigenvalue weighted by atomic mass is 35.5. The van der Waals surface area contributed by atoms with E-state index in [1.54, 1.807) is 0 Å². The summed E-state index contributed by atoms with van der Waals surface area (Å²) in [6.07, 6.45) is 2.06. The van der Waals surface area contributed by atoms with Crippen LogP contribution in [0.3, 0.4) is 0 Å². The molecule has 1 aliphatic rings. The summed E-state index contributed by atoms with van der Waals surface area (Å²) in [6.45, 7) is 9.62. The fourth-order valence-electron chi connectivity index (χ4n) is 2.72. The first-order valence-electron chi connectivity index (χ1n) is 7.78. The molecule has 0 amide bonds. The molecule has 2 N–H and O–H groups in total. The van der Waals surface area contributed by atoms with E-state index >= 15 is 0 Å². The molecule has 1 aliphatic heterocycles. The molecule has 21 heavy (non-hydrogen) atoms. The summed E-state index contributed by atoms with van der Waals surface area (Å²) < 4.78 is 0. The van der Waals surface area contributed by atoms with Crippen molar-refractivity contribution in [2.24, 2.45) is 5.92 Å². The minimum atomic E-state index is 0.0917. The second-order valence-electron chi connectivity index (χ2n) is 6.99. The Hall–Kier alpha value is -0.770. The first kappa shape index (κ1) is 16.6. The molecule has 1 unspecified atom stereocenters. The average molecular weight is 311 g/mol. The average Bonchev–Trinajstić information content (AvgIpc) is 2.85. The molecule has 0 saturated carbocycles. The van der Waals surface area contributed by atoms with Crippen molar-refractivity contribution in [3.63, 3.8) is 0 Å². The van der Waals surface area contributed by atoms with Crippen LogP contribution in [0.1, 0.15) is 39.2 Å². The topological polar surface area (TPSA) is 35.5 Å². The fraction of sp³-hybridized carbons (Fsp3) is 0.647. The molecule has 1 fully saturated rings. The second-order valence-corrected chi connectivity index (χ2v) is 7.40. The fourth-order valence-corrected chi connectivity index (χ4v) is 2.96. The van der Waals surface area contributed by atoms with Gasteiger partial charge in [0.15, 0.2) is 0 Å². The third kappa shape index (κ3) is 4.87. The normalized spacial score (nSPS) is 19.3. The van der Waals surface area contributed by atoms with E-state index < -0.39 is 0 Å². The number of nitrogens with one attached hydrogen (secondary N) is 1. The molecule has 1 aromatic rings. The number of hydrogen-bond acceptors (Lipinski definition) is 3. The van der Waals surface area contributed by atoms with E-state index in [2.05, 4.69) is 49.2 Å². The smallest absolute Gasteiger partial charge is 0.0471 e. The zero-order chi connectivity index (χ0) is 15.5. The predicted molar refractivity (Wildman–Crippen MR) is 90.1 cm³/mol. The van der Waals surface area contributed by atoms with Crippen LogP contribution in [-0.4, -0.2) is 30.3 Å².